The van der Waals surface area contributed by atoms with Gasteiger partial charge in [0.05, 0.1) is 11.4 Å². The summed E-state index contributed by atoms with van der Waals surface area (Å²) in [6.45, 7) is 6.40. The Labute approximate surface area is 178 Å². The van der Waals surface area contributed by atoms with Crippen molar-refractivity contribution in [3.63, 3.8) is 0 Å². The molecule has 144 valence electrons. The number of benzene rings is 2. The van der Waals surface area contributed by atoms with Crippen LogP contribution in [0.15, 0.2) is 58.0 Å². The van der Waals surface area contributed by atoms with Crippen molar-refractivity contribution in [1.82, 2.24) is 5.32 Å². The number of nitrogens with one attached hydrogen (secondary N) is 1. The molecule has 0 aliphatic carbocycles. The summed E-state index contributed by atoms with van der Waals surface area (Å²) in [5, 5.41) is 2.65. The van der Waals surface area contributed by atoms with Crippen LogP contribution in [0.25, 0.3) is 0 Å². The van der Waals surface area contributed by atoms with Crippen LogP contribution in [0.3, 0.4) is 0 Å². The zero-order chi connectivity index (χ0) is 20.5. The predicted octanol–water partition coefficient (Wildman–Crippen LogP) is 4.51. The summed E-state index contributed by atoms with van der Waals surface area (Å²) in [7, 11) is 0. The molecule has 1 fully saturated rings. The molecule has 7 heteroatoms. The van der Waals surface area contributed by atoms with Crippen molar-refractivity contribution in [1.29, 1.82) is 0 Å². The van der Waals surface area contributed by atoms with Crippen LogP contribution in [0.2, 0.25) is 0 Å². The van der Waals surface area contributed by atoms with Gasteiger partial charge in [0.2, 0.25) is 5.91 Å². The van der Waals surface area contributed by atoms with E-state index in [9.17, 15) is 9.59 Å². The molecule has 0 bridgehead atoms. The van der Waals surface area contributed by atoms with Crippen LogP contribution < -0.4 is 10.2 Å². The van der Waals surface area contributed by atoms with Gasteiger partial charge in [0.15, 0.2) is 11.0 Å². The fourth-order valence-corrected chi connectivity index (χ4v) is 3.32. The minimum Gasteiger partial charge on any atom is -0.301 e. The van der Waals surface area contributed by atoms with Crippen LogP contribution in [0, 0.1) is 5.92 Å². The minimum atomic E-state index is -1.04. The first-order valence-corrected chi connectivity index (χ1v) is 9.96. The Morgan fingerprint density at radius 2 is 1.68 bits per heavy atom. The molecular formula is C21H20BrN3O2S. The number of carbonyl (C=O) groups is 2. The molecule has 1 atom stereocenters. The Kier molecular flexibility index (Phi) is 5.76. The van der Waals surface area contributed by atoms with Crippen molar-refractivity contribution in [2.75, 3.05) is 4.90 Å². The van der Waals surface area contributed by atoms with Crippen LogP contribution >= 0.6 is 28.1 Å². The highest BCUT2D eigenvalue weighted by atomic mass is 79.9. The number of carbonyl (C=O) groups excluding carboxylic acids is 2. The lowest BCUT2D eigenvalue weighted by Gasteiger charge is -2.30. The third-order valence-electron chi connectivity index (χ3n) is 4.39. The van der Waals surface area contributed by atoms with Gasteiger partial charge in [-0.25, -0.2) is 0 Å². The average molecular weight is 458 g/mol. The Morgan fingerprint density at radius 1 is 1.07 bits per heavy atom. The molecule has 5 nitrogen and oxygen atoms in total. The van der Waals surface area contributed by atoms with E-state index < -0.39 is 17.7 Å². The molecule has 1 aliphatic heterocycles. The SMILES string of the molecule is CC(C)(C)c1ccc(N=C[C@H]2C(=O)NC(=S)N(c3ccc(Br)cc3)C2=O)cc1. The standard InChI is InChI=1S/C21H20BrN3O2S/c1-21(2,3)13-4-8-15(9-5-13)23-12-17-18(26)24-20(28)25(19(17)27)16-10-6-14(22)7-11-16/h4-12,17H,1-3H3,(H,24,26,28)/t17-/m0/s1. The van der Waals surface area contributed by atoms with Gasteiger partial charge in [-0.05, 0) is 59.6 Å². The van der Waals surface area contributed by atoms with Crippen molar-refractivity contribution >= 4 is 62.7 Å². The molecule has 0 radical (unpaired) electrons. The first-order valence-electron chi connectivity index (χ1n) is 8.76. The number of halogens is 1. The number of rotatable bonds is 3. The highest BCUT2D eigenvalue weighted by Crippen LogP contribution is 2.25. The lowest BCUT2D eigenvalue weighted by molar-refractivity contribution is -0.130. The van der Waals surface area contributed by atoms with Gasteiger partial charge in [0.1, 0.15) is 0 Å². The molecule has 2 amide bonds. The number of aliphatic imine (C=N–C) groups is 1. The molecular weight excluding hydrogens is 438 g/mol. The lowest BCUT2D eigenvalue weighted by atomic mass is 9.87. The van der Waals surface area contributed by atoms with Gasteiger partial charge in [-0.1, -0.05) is 48.8 Å². The highest BCUT2D eigenvalue weighted by molar-refractivity contribution is 9.10. The summed E-state index contributed by atoms with van der Waals surface area (Å²) >= 11 is 8.55. The van der Waals surface area contributed by atoms with E-state index in [2.05, 4.69) is 47.0 Å². The number of hydrogen-bond donors (Lipinski definition) is 1. The molecule has 0 spiro atoms. The quantitative estimate of drug-likeness (QED) is 0.418. The molecule has 2 aromatic rings. The predicted molar refractivity (Wildman–Crippen MR) is 119 cm³/mol. The normalized spacial score (nSPS) is 17.9. The second-order valence-corrected chi connectivity index (χ2v) is 8.80. The van der Waals surface area contributed by atoms with Crippen LogP contribution in [0.5, 0.6) is 0 Å². The molecule has 28 heavy (non-hydrogen) atoms. The second kappa shape index (κ2) is 7.93. The molecule has 1 heterocycles. The van der Waals surface area contributed by atoms with Crippen molar-refractivity contribution < 1.29 is 9.59 Å². The molecule has 0 unspecified atom stereocenters. The van der Waals surface area contributed by atoms with Gasteiger partial charge in [0, 0.05) is 10.7 Å². The summed E-state index contributed by atoms with van der Waals surface area (Å²) in [5.41, 5.74) is 2.50. The summed E-state index contributed by atoms with van der Waals surface area (Å²) in [6, 6.07) is 14.9. The van der Waals surface area contributed by atoms with Crippen LogP contribution in [-0.2, 0) is 15.0 Å². The number of thiocarbonyl (C=S) groups is 1. The maximum Gasteiger partial charge on any atom is 0.251 e. The van der Waals surface area contributed by atoms with E-state index in [-0.39, 0.29) is 10.5 Å². The Hall–Kier alpha value is -2.38. The van der Waals surface area contributed by atoms with E-state index in [0.29, 0.717) is 11.4 Å². The molecule has 0 saturated carbocycles. The lowest BCUT2D eigenvalue weighted by Crippen LogP contribution is -2.58. The van der Waals surface area contributed by atoms with Gasteiger partial charge in [-0.15, -0.1) is 0 Å². The fourth-order valence-electron chi connectivity index (χ4n) is 2.76. The average Bonchev–Trinajstić information content (AvgIpc) is 2.62. The second-order valence-electron chi connectivity index (χ2n) is 7.50. The van der Waals surface area contributed by atoms with E-state index in [4.69, 9.17) is 12.2 Å². The monoisotopic (exact) mass is 457 g/mol. The smallest absolute Gasteiger partial charge is 0.251 e. The molecule has 0 aromatic heterocycles. The fraction of sp³-hybridized carbons (Fsp3) is 0.238. The first-order chi connectivity index (χ1) is 13.2. The van der Waals surface area contributed by atoms with E-state index in [1.807, 2.05) is 36.4 Å². The van der Waals surface area contributed by atoms with Crippen LogP contribution in [-0.4, -0.2) is 23.1 Å². The van der Waals surface area contributed by atoms with Gasteiger partial charge in [0.25, 0.3) is 5.91 Å². The molecule has 1 N–H and O–H groups in total. The van der Waals surface area contributed by atoms with Crippen molar-refractivity contribution in [3.05, 3.63) is 58.6 Å². The van der Waals surface area contributed by atoms with Crippen LogP contribution in [0.4, 0.5) is 11.4 Å². The van der Waals surface area contributed by atoms with Crippen molar-refractivity contribution in [3.8, 4) is 0 Å². The summed E-state index contributed by atoms with van der Waals surface area (Å²) in [5.74, 6) is -1.94. The molecule has 1 aliphatic rings. The van der Waals surface area contributed by atoms with E-state index in [1.54, 1.807) is 12.1 Å². The summed E-state index contributed by atoms with van der Waals surface area (Å²) in [6.07, 6.45) is 1.37. The van der Waals surface area contributed by atoms with Crippen LogP contribution in [0.1, 0.15) is 26.3 Å². The zero-order valence-corrected chi connectivity index (χ0v) is 18.2. The number of amides is 2. The van der Waals surface area contributed by atoms with E-state index in [1.165, 1.54) is 16.7 Å². The third kappa shape index (κ3) is 4.36. The molecule has 1 saturated heterocycles. The van der Waals surface area contributed by atoms with Gasteiger partial charge in [-0.3, -0.25) is 19.5 Å². The van der Waals surface area contributed by atoms with Crippen molar-refractivity contribution in [2.24, 2.45) is 10.9 Å². The largest absolute Gasteiger partial charge is 0.301 e. The Morgan fingerprint density at radius 3 is 2.25 bits per heavy atom. The maximum absolute atomic E-state index is 12.9. The Balaban J connectivity index is 1.83. The first kappa shape index (κ1) is 20.4. The topological polar surface area (TPSA) is 61.8 Å². The number of nitrogens with zero attached hydrogens (tertiary/aromatic N) is 2. The van der Waals surface area contributed by atoms with E-state index in [0.717, 1.165) is 4.47 Å². The molecule has 3 rings (SSSR count). The summed E-state index contributed by atoms with van der Waals surface area (Å²) < 4.78 is 0.882. The highest BCUT2D eigenvalue weighted by Gasteiger charge is 2.38. The van der Waals surface area contributed by atoms with Gasteiger partial charge < -0.3 is 5.32 Å². The molecule has 2 aromatic carbocycles. The summed E-state index contributed by atoms with van der Waals surface area (Å²) in [4.78, 5) is 30.9. The number of anilines is 1. The van der Waals surface area contributed by atoms with E-state index >= 15 is 0 Å². The van der Waals surface area contributed by atoms with Gasteiger partial charge in [-0.2, -0.15) is 0 Å². The van der Waals surface area contributed by atoms with Gasteiger partial charge >= 0.3 is 0 Å². The van der Waals surface area contributed by atoms with Crippen molar-refractivity contribution in [2.45, 2.75) is 26.2 Å². The maximum atomic E-state index is 12.9. The zero-order valence-electron chi connectivity index (χ0n) is 15.8. The minimum absolute atomic E-state index is 0.0440. The number of hydrogen-bond acceptors (Lipinski definition) is 4. The Bertz CT molecular complexity index is 947. The third-order valence-corrected chi connectivity index (χ3v) is 5.21.